The number of nitrogens with zero attached hydrogens (tertiary/aromatic N) is 1. The summed E-state index contributed by atoms with van der Waals surface area (Å²) >= 11 is 0. The fourth-order valence-electron chi connectivity index (χ4n) is 3.01. The van der Waals surface area contributed by atoms with E-state index >= 15 is 0 Å². The Bertz CT molecular complexity index is 905. The monoisotopic (exact) mass is 412 g/mol. The van der Waals surface area contributed by atoms with Gasteiger partial charge in [-0.1, -0.05) is 18.2 Å². The van der Waals surface area contributed by atoms with Crippen LogP contribution in [0, 0.1) is 0 Å². The van der Waals surface area contributed by atoms with E-state index in [-0.39, 0.29) is 17.5 Å². The molecule has 2 aromatic carbocycles. The minimum atomic E-state index is -0.373. The lowest BCUT2D eigenvalue weighted by atomic mass is 10.1. The molecule has 0 spiro atoms. The van der Waals surface area contributed by atoms with Crippen molar-refractivity contribution in [1.82, 2.24) is 10.2 Å². The molecule has 0 saturated heterocycles. The van der Waals surface area contributed by atoms with Crippen LogP contribution in [0.5, 0.6) is 17.2 Å². The van der Waals surface area contributed by atoms with E-state index < -0.39 is 0 Å². The van der Waals surface area contributed by atoms with Gasteiger partial charge in [0.1, 0.15) is 5.70 Å². The van der Waals surface area contributed by atoms with Crippen molar-refractivity contribution in [3.05, 3.63) is 59.3 Å². The van der Waals surface area contributed by atoms with E-state index in [0.29, 0.717) is 41.5 Å². The quantitative estimate of drug-likeness (QED) is 0.639. The summed E-state index contributed by atoms with van der Waals surface area (Å²) < 4.78 is 16.2. The van der Waals surface area contributed by atoms with Gasteiger partial charge in [0.25, 0.3) is 11.8 Å². The van der Waals surface area contributed by atoms with Crippen molar-refractivity contribution < 1.29 is 23.8 Å². The van der Waals surface area contributed by atoms with Gasteiger partial charge in [-0.3, -0.25) is 9.59 Å². The van der Waals surface area contributed by atoms with Gasteiger partial charge in [-0.15, -0.1) is 0 Å². The fraction of sp³-hybridized carbons (Fsp3) is 0.304. The molecule has 2 amide bonds. The first-order valence-corrected chi connectivity index (χ1v) is 9.66. The molecule has 2 rings (SSSR count). The maximum atomic E-state index is 13.1. The van der Waals surface area contributed by atoms with Gasteiger partial charge in [-0.05, 0) is 44.2 Å². The maximum absolute atomic E-state index is 13.1. The molecule has 0 radical (unpaired) electrons. The number of carbonyl (C=O) groups is 2. The number of hydrogen-bond acceptors (Lipinski definition) is 5. The molecule has 7 nitrogen and oxygen atoms in total. The molecular formula is C23H28N2O5. The van der Waals surface area contributed by atoms with Crippen LogP contribution in [0.4, 0.5) is 0 Å². The first kappa shape index (κ1) is 22.8. The van der Waals surface area contributed by atoms with E-state index in [4.69, 9.17) is 14.2 Å². The van der Waals surface area contributed by atoms with Gasteiger partial charge in [-0.2, -0.15) is 0 Å². The first-order chi connectivity index (χ1) is 14.5. The predicted molar refractivity (Wildman–Crippen MR) is 116 cm³/mol. The van der Waals surface area contributed by atoms with E-state index in [2.05, 4.69) is 5.32 Å². The Morgan fingerprint density at radius 3 is 2.07 bits per heavy atom. The van der Waals surface area contributed by atoms with Crippen molar-refractivity contribution in [1.29, 1.82) is 0 Å². The van der Waals surface area contributed by atoms with Crippen molar-refractivity contribution in [3.63, 3.8) is 0 Å². The molecule has 2 aromatic rings. The lowest BCUT2D eigenvalue weighted by molar-refractivity contribution is -0.127. The summed E-state index contributed by atoms with van der Waals surface area (Å²) in [6, 6.07) is 12.2. The van der Waals surface area contributed by atoms with Crippen LogP contribution in [0.15, 0.2) is 48.2 Å². The highest BCUT2D eigenvalue weighted by Crippen LogP contribution is 2.40. The number of rotatable bonds is 9. The Morgan fingerprint density at radius 2 is 1.53 bits per heavy atom. The highest BCUT2D eigenvalue weighted by Gasteiger charge is 2.21. The van der Waals surface area contributed by atoms with Gasteiger partial charge < -0.3 is 24.4 Å². The molecular weight excluding hydrogens is 384 g/mol. The predicted octanol–water partition coefficient (Wildman–Crippen LogP) is 3.35. The number of likely N-dealkylation sites (N-methyl/N-ethyl adjacent to an activating group) is 1. The van der Waals surface area contributed by atoms with E-state index in [0.717, 1.165) is 0 Å². The van der Waals surface area contributed by atoms with E-state index in [9.17, 15) is 9.59 Å². The molecule has 0 aromatic heterocycles. The summed E-state index contributed by atoms with van der Waals surface area (Å²) in [4.78, 5) is 27.5. The van der Waals surface area contributed by atoms with Crippen LogP contribution in [0.1, 0.15) is 29.8 Å². The molecule has 0 saturated carbocycles. The van der Waals surface area contributed by atoms with Crippen LogP contribution in [0.2, 0.25) is 0 Å². The third-order valence-corrected chi connectivity index (χ3v) is 4.60. The number of ether oxygens (including phenoxy) is 3. The molecule has 7 heteroatoms. The molecule has 0 aliphatic heterocycles. The van der Waals surface area contributed by atoms with Crippen LogP contribution in [0.3, 0.4) is 0 Å². The van der Waals surface area contributed by atoms with Crippen molar-refractivity contribution in [3.8, 4) is 17.2 Å². The molecule has 0 fully saturated rings. The highest BCUT2D eigenvalue weighted by molar-refractivity contribution is 6.05. The second-order valence-corrected chi connectivity index (χ2v) is 6.28. The Balaban J connectivity index is 2.55. The Hall–Kier alpha value is -3.48. The van der Waals surface area contributed by atoms with Gasteiger partial charge >= 0.3 is 0 Å². The van der Waals surface area contributed by atoms with Crippen molar-refractivity contribution in [2.75, 3.05) is 34.4 Å². The third kappa shape index (κ3) is 5.11. The molecule has 0 bridgehead atoms. The average Bonchev–Trinajstić information content (AvgIpc) is 2.79. The molecule has 0 atom stereocenters. The summed E-state index contributed by atoms with van der Waals surface area (Å²) in [5.74, 6) is 0.632. The lowest BCUT2D eigenvalue weighted by Gasteiger charge is -2.21. The average molecular weight is 412 g/mol. The number of nitrogens with one attached hydrogen (secondary N) is 1. The summed E-state index contributed by atoms with van der Waals surface area (Å²) in [6.45, 7) is 4.79. The van der Waals surface area contributed by atoms with Gasteiger partial charge in [0, 0.05) is 24.2 Å². The summed E-state index contributed by atoms with van der Waals surface area (Å²) in [7, 11) is 4.54. The number of hydrogen-bond donors (Lipinski definition) is 1. The fourth-order valence-corrected chi connectivity index (χ4v) is 3.01. The molecule has 1 N–H and O–H groups in total. The van der Waals surface area contributed by atoms with Crippen molar-refractivity contribution in [2.45, 2.75) is 13.8 Å². The Kier molecular flexibility index (Phi) is 8.29. The number of carbonyl (C=O) groups excluding carboxylic acids is 2. The zero-order valence-corrected chi connectivity index (χ0v) is 18.0. The van der Waals surface area contributed by atoms with Gasteiger partial charge in [0.2, 0.25) is 5.75 Å². The van der Waals surface area contributed by atoms with Crippen LogP contribution in [-0.4, -0.2) is 51.1 Å². The lowest BCUT2D eigenvalue weighted by Crippen LogP contribution is -2.38. The van der Waals surface area contributed by atoms with Gasteiger partial charge in [0.15, 0.2) is 11.5 Å². The van der Waals surface area contributed by atoms with Crippen LogP contribution < -0.4 is 19.5 Å². The summed E-state index contributed by atoms with van der Waals surface area (Å²) in [5, 5.41) is 2.75. The number of methoxy groups -OCH3 is 3. The molecule has 30 heavy (non-hydrogen) atoms. The Labute approximate surface area is 177 Å². The highest BCUT2D eigenvalue weighted by atomic mass is 16.5. The van der Waals surface area contributed by atoms with E-state index in [1.54, 1.807) is 47.4 Å². The minimum absolute atomic E-state index is 0.137. The van der Waals surface area contributed by atoms with Crippen LogP contribution in [0.25, 0.3) is 6.08 Å². The molecule has 0 aliphatic rings. The standard InChI is InChI=1S/C23H28N2O5/c1-6-25(7-2)23(27)18(24-22(26)16-11-9-8-10-12-16)15-17-13-14-19(28-3)21(30-5)20(17)29-4/h8-15H,6-7H2,1-5H3,(H,24,26)/b18-15-. The van der Waals surface area contributed by atoms with Crippen LogP contribution >= 0.6 is 0 Å². The second kappa shape index (κ2) is 10.9. The van der Waals surface area contributed by atoms with Gasteiger partial charge in [0.05, 0.1) is 21.3 Å². The molecule has 0 heterocycles. The minimum Gasteiger partial charge on any atom is -0.493 e. The normalized spacial score (nSPS) is 10.9. The smallest absolute Gasteiger partial charge is 0.270 e. The van der Waals surface area contributed by atoms with E-state index in [1.807, 2.05) is 19.9 Å². The topological polar surface area (TPSA) is 77.1 Å². The summed E-state index contributed by atoms with van der Waals surface area (Å²) in [5.41, 5.74) is 1.16. The van der Waals surface area contributed by atoms with Crippen LogP contribution in [-0.2, 0) is 4.79 Å². The largest absolute Gasteiger partial charge is 0.493 e. The van der Waals surface area contributed by atoms with Crippen molar-refractivity contribution >= 4 is 17.9 Å². The molecule has 0 aliphatic carbocycles. The van der Waals surface area contributed by atoms with Crippen molar-refractivity contribution in [2.24, 2.45) is 0 Å². The zero-order chi connectivity index (χ0) is 22.1. The zero-order valence-electron chi connectivity index (χ0n) is 18.0. The third-order valence-electron chi connectivity index (χ3n) is 4.60. The second-order valence-electron chi connectivity index (χ2n) is 6.28. The molecule has 160 valence electrons. The number of amides is 2. The Morgan fingerprint density at radius 1 is 0.900 bits per heavy atom. The number of benzene rings is 2. The van der Waals surface area contributed by atoms with E-state index in [1.165, 1.54) is 21.3 Å². The summed E-state index contributed by atoms with van der Waals surface area (Å²) in [6.07, 6.45) is 1.59. The molecule has 0 unspecified atom stereocenters. The SMILES string of the molecule is CCN(CC)C(=O)/C(=C/c1ccc(OC)c(OC)c1OC)NC(=O)c1ccccc1. The first-order valence-electron chi connectivity index (χ1n) is 9.66. The maximum Gasteiger partial charge on any atom is 0.270 e. The van der Waals surface area contributed by atoms with Gasteiger partial charge in [-0.25, -0.2) is 0 Å².